The van der Waals surface area contributed by atoms with Crippen LogP contribution >= 0.6 is 0 Å². The molecule has 5 heteroatoms. The van der Waals surface area contributed by atoms with Gasteiger partial charge < -0.3 is 15.1 Å². The lowest BCUT2D eigenvalue weighted by Crippen LogP contribution is -2.14. The summed E-state index contributed by atoms with van der Waals surface area (Å²) in [6.07, 6.45) is 2.17. The van der Waals surface area contributed by atoms with E-state index in [1.54, 1.807) is 0 Å². The highest BCUT2D eigenvalue weighted by Crippen LogP contribution is 2.18. The Morgan fingerprint density at radius 1 is 1.18 bits per heavy atom. The van der Waals surface area contributed by atoms with Gasteiger partial charge in [0.1, 0.15) is 0 Å². The first-order valence-corrected chi connectivity index (χ1v) is 6.28. The number of aromatic nitrogens is 2. The van der Waals surface area contributed by atoms with Crippen molar-refractivity contribution < 1.29 is 4.42 Å². The van der Waals surface area contributed by atoms with E-state index in [9.17, 15) is 0 Å². The van der Waals surface area contributed by atoms with Crippen LogP contribution in [0.3, 0.4) is 0 Å². The van der Waals surface area contributed by atoms with Gasteiger partial charge in [0.25, 0.3) is 0 Å². The van der Waals surface area contributed by atoms with Crippen molar-refractivity contribution in [3.8, 4) is 0 Å². The monoisotopic (exact) mass is 240 g/mol. The zero-order valence-corrected chi connectivity index (χ0v) is 11.3. The van der Waals surface area contributed by atoms with E-state index in [0.29, 0.717) is 23.9 Å². The average molecular weight is 240 g/mol. The normalized spacial score (nSPS) is 11.8. The Morgan fingerprint density at radius 2 is 1.94 bits per heavy atom. The zero-order valence-electron chi connectivity index (χ0n) is 11.3. The third-order valence-electron chi connectivity index (χ3n) is 2.32. The van der Waals surface area contributed by atoms with Crippen molar-refractivity contribution in [3.63, 3.8) is 0 Å². The molecule has 1 aromatic heterocycles. The van der Waals surface area contributed by atoms with E-state index in [2.05, 4.69) is 48.5 Å². The van der Waals surface area contributed by atoms with Gasteiger partial charge in [-0.15, -0.1) is 5.10 Å². The topological polar surface area (TPSA) is 63.0 Å². The van der Waals surface area contributed by atoms with Gasteiger partial charge in [-0.3, -0.25) is 0 Å². The molecule has 0 aliphatic rings. The predicted octanol–water partition coefficient (Wildman–Crippen LogP) is 2.42. The summed E-state index contributed by atoms with van der Waals surface area (Å²) in [6, 6.07) is 0.516. The van der Waals surface area contributed by atoms with Gasteiger partial charge >= 0.3 is 6.01 Å². The van der Waals surface area contributed by atoms with Crippen molar-refractivity contribution in [1.29, 1.82) is 0 Å². The Hall–Kier alpha value is -1.10. The number of hydrogen-bond acceptors (Lipinski definition) is 5. The molecule has 0 amide bonds. The SMILES string of the molecule is CCCNCc1nnc(NCCC(C)(C)C)o1. The van der Waals surface area contributed by atoms with Gasteiger partial charge in [0.15, 0.2) is 0 Å². The molecule has 0 aromatic carbocycles. The minimum absolute atomic E-state index is 0.318. The molecule has 0 fully saturated rings. The number of nitrogens with one attached hydrogen (secondary N) is 2. The van der Waals surface area contributed by atoms with Crippen molar-refractivity contribution in [2.45, 2.75) is 47.1 Å². The van der Waals surface area contributed by atoms with E-state index in [1.807, 2.05) is 0 Å². The summed E-state index contributed by atoms with van der Waals surface area (Å²) in [5.74, 6) is 0.636. The molecule has 5 nitrogen and oxygen atoms in total. The summed E-state index contributed by atoms with van der Waals surface area (Å²) in [5, 5.41) is 14.3. The summed E-state index contributed by atoms with van der Waals surface area (Å²) in [4.78, 5) is 0. The Labute approximate surface area is 103 Å². The maximum Gasteiger partial charge on any atom is 0.315 e. The van der Waals surface area contributed by atoms with Crippen LogP contribution in [0.4, 0.5) is 6.01 Å². The Morgan fingerprint density at radius 3 is 2.59 bits per heavy atom. The molecule has 1 aromatic rings. The third-order valence-corrected chi connectivity index (χ3v) is 2.32. The smallest absolute Gasteiger partial charge is 0.315 e. The molecule has 98 valence electrons. The van der Waals surface area contributed by atoms with E-state index in [0.717, 1.165) is 25.9 Å². The van der Waals surface area contributed by atoms with Crippen LogP contribution in [0.15, 0.2) is 4.42 Å². The maximum atomic E-state index is 5.45. The molecule has 1 heterocycles. The number of rotatable bonds is 7. The molecule has 1 rings (SSSR count). The van der Waals surface area contributed by atoms with Gasteiger partial charge in [0, 0.05) is 6.54 Å². The second-order valence-electron chi connectivity index (χ2n) is 5.42. The average Bonchev–Trinajstić information content (AvgIpc) is 2.64. The molecule has 0 aliphatic carbocycles. The van der Waals surface area contributed by atoms with Crippen LogP contribution in [0.5, 0.6) is 0 Å². The number of hydrogen-bond donors (Lipinski definition) is 2. The second-order valence-corrected chi connectivity index (χ2v) is 5.42. The van der Waals surface area contributed by atoms with Gasteiger partial charge in [-0.1, -0.05) is 32.8 Å². The number of anilines is 1. The molecule has 0 atom stereocenters. The van der Waals surface area contributed by atoms with Gasteiger partial charge in [-0.25, -0.2) is 0 Å². The van der Waals surface area contributed by atoms with Crippen LogP contribution in [0.2, 0.25) is 0 Å². The molecule has 0 aliphatic heterocycles. The van der Waals surface area contributed by atoms with Crippen LogP contribution in [-0.2, 0) is 6.54 Å². The largest absolute Gasteiger partial charge is 0.407 e. The highest BCUT2D eigenvalue weighted by atomic mass is 16.4. The van der Waals surface area contributed by atoms with Gasteiger partial charge in [-0.2, -0.15) is 0 Å². The lowest BCUT2D eigenvalue weighted by atomic mass is 9.92. The standard InChI is InChI=1S/C12H24N4O/c1-5-7-13-9-10-15-16-11(17-10)14-8-6-12(2,3)4/h13H,5-9H2,1-4H3,(H,14,16). The van der Waals surface area contributed by atoms with Crippen LogP contribution in [0.1, 0.15) is 46.4 Å². The summed E-state index contributed by atoms with van der Waals surface area (Å²) >= 11 is 0. The highest BCUT2D eigenvalue weighted by Gasteiger charge is 2.10. The van der Waals surface area contributed by atoms with E-state index in [1.165, 1.54) is 0 Å². The molecular weight excluding hydrogens is 216 g/mol. The quantitative estimate of drug-likeness (QED) is 0.717. The van der Waals surface area contributed by atoms with Crippen LogP contribution in [-0.4, -0.2) is 23.3 Å². The second kappa shape index (κ2) is 6.59. The third kappa shape index (κ3) is 6.26. The fourth-order valence-corrected chi connectivity index (χ4v) is 1.31. The van der Waals surface area contributed by atoms with Crippen LogP contribution in [0, 0.1) is 5.41 Å². The Kier molecular flexibility index (Phi) is 5.41. The van der Waals surface area contributed by atoms with Gasteiger partial charge in [-0.05, 0) is 24.8 Å². The molecule has 0 bridgehead atoms. The van der Waals surface area contributed by atoms with Crippen molar-refractivity contribution in [1.82, 2.24) is 15.5 Å². The van der Waals surface area contributed by atoms with E-state index in [4.69, 9.17) is 4.42 Å². The minimum atomic E-state index is 0.318. The predicted molar refractivity (Wildman–Crippen MR) is 68.9 cm³/mol. The fraction of sp³-hybridized carbons (Fsp3) is 0.833. The van der Waals surface area contributed by atoms with Crippen molar-refractivity contribution in [2.24, 2.45) is 5.41 Å². The molecule has 0 radical (unpaired) electrons. The number of nitrogens with zero attached hydrogens (tertiary/aromatic N) is 2. The van der Waals surface area contributed by atoms with Gasteiger partial charge in [0.2, 0.25) is 5.89 Å². The summed E-state index contributed by atoms with van der Waals surface area (Å²) < 4.78 is 5.45. The molecule has 17 heavy (non-hydrogen) atoms. The zero-order chi connectivity index (χ0) is 12.7. The molecule has 2 N–H and O–H groups in total. The van der Waals surface area contributed by atoms with Gasteiger partial charge in [0.05, 0.1) is 6.54 Å². The first-order chi connectivity index (χ1) is 8.01. The van der Waals surface area contributed by atoms with Crippen molar-refractivity contribution in [2.75, 3.05) is 18.4 Å². The van der Waals surface area contributed by atoms with Crippen molar-refractivity contribution in [3.05, 3.63) is 5.89 Å². The summed E-state index contributed by atoms with van der Waals surface area (Å²) in [5.41, 5.74) is 0.318. The summed E-state index contributed by atoms with van der Waals surface area (Å²) in [7, 11) is 0. The highest BCUT2D eigenvalue weighted by molar-refractivity contribution is 5.16. The Bertz CT molecular complexity index is 317. The molecular formula is C12H24N4O. The fourth-order valence-electron chi connectivity index (χ4n) is 1.31. The summed E-state index contributed by atoms with van der Waals surface area (Å²) in [6.45, 7) is 11.2. The van der Waals surface area contributed by atoms with E-state index < -0.39 is 0 Å². The first kappa shape index (κ1) is 14.0. The van der Waals surface area contributed by atoms with Crippen molar-refractivity contribution >= 4 is 6.01 Å². The van der Waals surface area contributed by atoms with E-state index >= 15 is 0 Å². The Balaban J connectivity index is 2.26. The maximum absolute atomic E-state index is 5.45. The van der Waals surface area contributed by atoms with Crippen LogP contribution < -0.4 is 10.6 Å². The van der Waals surface area contributed by atoms with Crippen LogP contribution in [0.25, 0.3) is 0 Å². The molecule has 0 unspecified atom stereocenters. The first-order valence-electron chi connectivity index (χ1n) is 6.28. The molecule has 0 spiro atoms. The molecule has 0 saturated carbocycles. The minimum Gasteiger partial charge on any atom is -0.407 e. The lowest BCUT2D eigenvalue weighted by molar-refractivity contribution is 0.387. The van der Waals surface area contributed by atoms with E-state index in [-0.39, 0.29) is 0 Å². The molecule has 0 saturated heterocycles. The lowest BCUT2D eigenvalue weighted by Gasteiger charge is -2.17.